The first-order valence-electron chi connectivity index (χ1n) is 11.5. The highest BCUT2D eigenvalue weighted by molar-refractivity contribution is 7.23. The molecule has 4 N–H and O–H groups in total. The summed E-state index contributed by atoms with van der Waals surface area (Å²) in [5.74, 6) is 1.29. The molecule has 1 amide bonds. The van der Waals surface area contributed by atoms with Crippen molar-refractivity contribution in [1.29, 1.82) is 0 Å². The third-order valence-electron chi connectivity index (χ3n) is 5.89. The van der Waals surface area contributed by atoms with Gasteiger partial charge < -0.3 is 15.0 Å². The van der Waals surface area contributed by atoms with Crippen molar-refractivity contribution in [1.82, 2.24) is 25.6 Å². The number of rotatable bonds is 9. The predicted octanol–water partition coefficient (Wildman–Crippen LogP) is 3.55. The Morgan fingerprint density at radius 3 is 2.94 bits per heavy atom. The molecule has 178 valence electrons. The third kappa shape index (κ3) is 4.81. The van der Waals surface area contributed by atoms with Gasteiger partial charge in [-0.15, -0.1) is 11.3 Å². The number of hydrogen-bond donors (Lipinski definition) is 4. The van der Waals surface area contributed by atoms with E-state index < -0.39 is 0 Å². The van der Waals surface area contributed by atoms with E-state index in [1.165, 1.54) is 0 Å². The summed E-state index contributed by atoms with van der Waals surface area (Å²) in [6, 6.07) is 8.10. The molecular weight excluding hydrogens is 454 g/mol. The van der Waals surface area contributed by atoms with Gasteiger partial charge in [0.05, 0.1) is 40.1 Å². The van der Waals surface area contributed by atoms with E-state index in [0.29, 0.717) is 25.5 Å². The zero-order chi connectivity index (χ0) is 23.3. The Labute approximate surface area is 200 Å². The summed E-state index contributed by atoms with van der Waals surface area (Å²) in [4.78, 5) is 23.3. The van der Waals surface area contributed by atoms with Crippen LogP contribution in [-0.2, 0) is 9.53 Å². The second-order valence-corrected chi connectivity index (χ2v) is 9.26. The van der Waals surface area contributed by atoms with Gasteiger partial charge in [0.1, 0.15) is 0 Å². The van der Waals surface area contributed by atoms with Crippen LogP contribution in [0.1, 0.15) is 25.7 Å². The van der Waals surface area contributed by atoms with Gasteiger partial charge in [-0.25, -0.2) is 15.4 Å². The molecule has 0 bridgehead atoms. The van der Waals surface area contributed by atoms with Crippen molar-refractivity contribution in [2.75, 3.05) is 43.1 Å². The zero-order valence-electron chi connectivity index (χ0n) is 18.7. The van der Waals surface area contributed by atoms with Gasteiger partial charge in [0.25, 0.3) is 0 Å². The van der Waals surface area contributed by atoms with Crippen LogP contribution in [0.4, 0.5) is 10.8 Å². The van der Waals surface area contributed by atoms with Crippen LogP contribution < -0.4 is 15.7 Å². The maximum absolute atomic E-state index is 11.1. The quantitative estimate of drug-likeness (QED) is 0.162. The Bertz CT molecular complexity index is 1280. The minimum Gasteiger partial charge on any atom is -0.378 e. The SMILES string of the molecule is O=C(CCCCCNc1cc2nc(-c3cccc4[nH]ncc34)nc(N3CCOCC3)c2s1)NO. The summed E-state index contributed by atoms with van der Waals surface area (Å²) >= 11 is 1.66. The summed E-state index contributed by atoms with van der Waals surface area (Å²) in [7, 11) is 0. The van der Waals surface area contributed by atoms with Gasteiger partial charge in [-0.2, -0.15) is 5.10 Å². The molecule has 4 heterocycles. The van der Waals surface area contributed by atoms with E-state index in [1.54, 1.807) is 16.8 Å². The molecule has 34 heavy (non-hydrogen) atoms. The van der Waals surface area contributed by atoms with Crippen molar-refractivity contribution in [3.8, 4) is 11.4 Å². The Hall–Kier alpha value is -3.28. The van der Waals surface area contributed by atoms with Crippen LogP contribution in [0.25, 0.3) is 32.5 Å². The van der Waals surface area contributed by atoms with Gasteiger partial charge >= 0.3 is 0 Å². The van der Waals surface area contributed by atoms with Gasteiger partial charge in [0, 0.05) is 37.0 Å². The minimum absolute atomic E-state index is 0.337. The number of fused-ring (bicyclic) bond motifs is 2. The third-order valence-corrected chi connectivity index (χ3v) is 6.97. The lowest BCUT2D eigenvalue weighted by atomic mass is 10.1. The number of aromatic amines is 1. The first-order valence-corrected chi connectivity index (χ1v) is 12.3. The molecule has 5 rings (SSSR count). The van der Waals surface area contributed by atoms with Crippen molar-refractivity contribution < 1.29 is 14.7 Å². The lowest BCUT2D eigenvalue weighted by Crippen LogP contribution is -2.36. The smallest absolute Gasteiger partial charge is 0.243 e. The van der Waals surface area contributed by atoms with E-state index in [9.17, 15) is 4.79 Å². The van der Waals surface area contributed by atoms with Crippen molar-refractivity contribution >= 4 is 49.2 Å². The Morgan fingerprint density at radius 1 is 1.21 bits per heavy atom. The molecule has 0 unspecified atom stereocenters. The zero-order valence-corrected chi connectivity index (χ0v) is 19.5. The molecule has 11 heteroatoms. The number of carbonyl (C=O) groups excluding carboxylic acids is 1. The van der Waals surface area contributed by atoms with Crippen molar-refractivity contribution in [2.45, 2.75) is 25.7 Å². The number of nitrogens with one attached hydrogen (secondary N) is 3. The number of hydrogen-bond acceptors (Lipinski definition) is 9. The molecule has 1 aromatic carbocycles. The van der Waals surface area contributed by atoms with Crippen LogP contribution in [0.15, 0.2) is 30.5 Å². The van der Waals surface area contributed by atoms with Crippen molar-refractivity contribution in [2.24, 2.45) is 0 Å². The first kappa shape index (κ1) is 22.5. The topological polar surface area (TPSA) is 128 Å². The van der Waals surface area contributed by atoms with Crippen LogP contribution in [0.5, 0.6) is 0 Å². The number of thiophene rings is 1. The van der Waals surface area contributed by atoms with Gasteiger partial charge in [-0.3, -0.25) is 15.1 Å². The number of carbonyl (C=O) groups is 1. The number of unbranched alkanes of at least 4 members (excludes halogenated alkanes) is 2. The van der Waals surface area contributed by atoms with E-state index >= 15 is 0 Å². The van der Waals surface area contributed by atoms with Gasteiger partial charge in [0.2, 0.25) is 5.91 Å². The molecule has 0 radical (unpaired) electrons. The molecular formula is C23H27N7O3S. The summed E-state index contributed by atoms with van der Waals surface area (Å²) in [5, 5.41) is 21.3. The summed E-state index contributed by atoms with van der Waals surface area (Å²) in [6.45, 7) is 3.76. The normalized spacial score (nSPS) is 14.1. The number of anilines is 2. The van der Waals surface area contributed by atoms with E-state index in [4.69, 9.17) is 19.9 Å². The maximum atomic E-state index is 11.1. The van der Waals surface area contributed by atoms with E-state index in [0.717, 1.165) is 76.4 Å². The number of aromatic nitrogens is 4. The fraction of sp³-hybridized carbons (Fsp3) is 0.391. The fourth-order valence-corrected chi connectivity index (χ4v) is 5.17. The molecule has 10 nitrogen and oxygen atoms in total. The Morgan fingerprint density at radius 2 is 2.09 bits per heavy atom. The molecule has 1 fully saturated rings. The Kier molecular flexibility index (Phi) is 6.84. The maximum Gasteiger partial charge on any atom is 0.243 e. The fourth-order valence-electron chi connectivity index (χ4n) is 4.13. The second kappa shape index (κ2) is 10.3. The van der Waals surface area contributed by atoms with Crippen LogP contribution in [0, 0.1) is 0 Å². The van der Waals surface area contributed by atoms with E-state index in [1.807, 2.05) is 24.4 Å². The highest BCUT2D eigenvalue weighted by Gasteiger charge is 2.21. The van der Waals surface area contributed by atoms with E-state index in [2.05, 4.69) is 26.5 Å². The van der Waals surface area contributed by atoms with Crippen LogP contribution in [0.2, 0.25) is 0 Å². The molecule has 3 aromatic heterocycles. The van der Waals surface area contributed by atoms with Crippen LogP contribution >= 0.6 is 11.3 Å². The number of morpholine rings is 1. The van der Waals surface area contributed by atoms with Crippen LogP contribution in [0.3, 0.4) is 0 Å². The molecule has 0 saturated carbocycles. The van der Waals surface area contributed by atoms with E-state index in [-0.39, 0.29) is 5.91 Å². The molecule has 1 saturated heterocycles. The summed E-state index contributed by atoms with van der Waals surface area (Å²) < 4.78 is 6.62. The van der Waals surface area contributed by atoms with Gasteiger partial charge in [-0.05, 0) is 25.0 Å². The number of ether oxygens (including phenoxy) is 1. The molecule has 0 spiro atoms. The largest absolute Gasteiger partial charge is 0.378 e. The standard InChI is InChI=1S/C23H27N7O3S/c31-19(29-32)7-2-1-3-8-24-20-13-18-21(34-20)23(30-9-11-33-12-10-30)27-22(26-18)15-5-4-6-17-16(15)14-25-28-17/h4-6,13-14,24,32H,1-3,7-12H2,(H,25,28)(H,29,31). The molecule has 0 atom stereocenters. The monoisotopic (exact) mass is 481 g/mol. The van der Waals surface area contributed by atoms with Gasteiger partial charge in [0.15, 0.2) is 11.6 Å². The number of amides is 1. The lowest BCUT2D eigenvalue weighted by Gasteiger charge is -2.28. The number of nitrogens with zero attached hydrogens (tertiary/aromatic N) is 4. The minimum atomic E-state index is -0.339. The second-order valence-electron chi connectivity index (χ2n) is 8.20. The molecule has 1 aliphatic rings. The van der Waals surface area contributed by atoms with Gasteiger partial charge in [-0.1, -0.05) is 18.6 Å². The lowest BCUT2D eigenvalue weighted by molar-refractivity contribution is -0.129. The van der Waals surface area contributed by atoms with Crippen molar-refractivity contribution in [3.63, 3.8) is 0 Å². The Balaban J connectivity index is 1.40. The number of benzene rings is 1. The first-order chi connectivity index (χ1) is 16.7. The molecule has 0 aliphatic carbocycles. The molecule has 1 aliphatic heterocycles. The molecule has 4 aromatic rings. The average Bonchev–Trinajstić information content (AvgIpc) is 3.52. The summed E-state index contributed by atoms with van der Waals surface area (Å²) in [5.41, 5.74) is 4.50. The van der Waals surface area contributed by atoms with Crippen LogP contribution in [-0.4, -0.2) is 64.1 Å². The predicted molar refractivity (Wildman–Crippen MR) is 132 cm³/mol. The number of H-pyrrole nitrogens is 1. The number of hydroxylamine groups is 1. The average molecular weight is 482 g/mol. The highest BCUT2D eigenvalue weighted by atomic mass is 32.1. The van der Waals surface area contributed by atoms with Crippen molar-refractivity contribution in [3.05, 3.63) is 30.5 Å². The highest BCUT2D eigenvalue weighted by Crippen LogP contribution is 2.37. The summed E-state index contributed by atoms with van der Waals surface area (Å²) in [6.07, 6.45) is 4.74.